The van der Waals surface area contributed by atoms with E-state index in [4.69, 9.17) is 9.97 Å². The van der Waals surface area contributed by atoms with Crippen LogP contribution in [0.4, 0.5) is 11.6 Å². The third-order valence-electron chi connectivity index (χ3n) is 5.07. The first kappa shape index (κ1) is 18.2. The van der Waals surface area contributed by atoms with Gasteiger partial charge in [0.15, 0.2) is 5.65 Å². The summed E-state index contributed by atoms with van der Waals surface area (Å²) in [5.41, 5.74) is 7.19. The minimum absolute atomic E-state index is 0.584. The monoisotopic (exact) mass is 371 g/mol. The van der Waals surface area contributed by atoms with Gasteiger partial charge in [-0.15, -0.1) is 0 Å². The molecule has 0 aliphatic heterocycles. The zero-order valence-corrected chi connectivity index (χ0v) is 16.8. The van der Waals surface area contributed by atoms with E-state index in [9.17, 15) is 0 Å². The molecule has 0 amide bonds. The predicted octanol–water partition coefficient (Wildman–Crippen LogP) is 5.30. The van der Waals surface area contributed by atoms with Gasteiger partial charge in [-0.05, 0) is 62.1 Å². The first-order valence-corrected chi connectivity index (χ1v) is 9.78. The molecule has 0 saturated heterocycles. The smallest absolute Gasteiger partial charge is 0.229 e. The summed E-state index contributed by atoms with van der Waals surface area (Å²) < 4.78 is 2.09. The summed E-state index contributed by atoms with van der Waals surface area (Å²) in [4.78, 5) is 14.1. The van der Waals surface area contributed by atoms with Crippen LogP contribution in [0.25, 0.3) is 16.9 Å². The van der Waals surface area contributed by atoms with Gasteiger partial charge in [-0.2, -0.15) is 4.98 Å². The molecule has 2 heterocycles. The van der Waals surface area contributed by atoms with Gasteiger partial charge in [-0.25, -0.2) is 9.97 Å². The molecule has 1 N–H and O–H groups in total. The maximum Gasteiger partial charge on any atom is 0.229 e. The molecule has 2 aromatic carbocycles. The van der Waals surface area contributed by atoms with E-state index in [1.807, 2.05) is 13.8 Å². The largest absolute Gasteiger partial charge is 0.324 e. The average Bonchev–Trinajstić information content (AvgIpc) is 3.05. The van der Waals surface area contributed by atoms with Crippen LogP contribution in [0.1, 0.15) is 36.5 Å². The Morgan fingerprint density at radius 2 is 1.39 bits per heavy atom. The Kier molecular flexibility index (Phi) is 4.82. The first-order chi connectivity index (χ1) is 13.6. The summed E-state index contributed by atoms with van der Waals surface area (Å²) in [6.45, 7) is 8.30. The number of nitrogens with one attached hydrogen (secondary N) is 1. The minimum atomic E-state index is 0.584. The van der Waals surface area contributed by atoms with Crippen molar-refractivity contribution in [1.29, 1.82) is 0 Å². The van der Waals surface area contributed by atoms with E-state index in [1.54, 1.807) is 0 Å². The topological polar surface area (TPSA) is 55.6 Å². The van der Waals surface area contributed by atoms with E-state index in [2.05, 4.69) is 77.2 Å². The molecule has 0 saturated carbocycles. The number of hydrogen-bond acceptors (Lipinski definition) is 4. The minimum Gasteiger partial charge on any atom is -0.324 e. The molecule has 4 aromatic rings. The van der Waals surface area contributed by atoms with E-state index in [1.165, 1.54) is 11.1 Å². The molecule has 0 aliphatic rings. The molecule has 0 bridgehead atoms. The van der Waals surface area contributed by atoms with Crippen LogP contribution in [-0.2, 0) is 12.8 Å². The van der Waals surface area contributed by atoms with Gasteiger partial charge in [-0.3, -0.25) is 4.57 Å². The summed E-state index contributed by atoms with van der Waals surface area (Å²) >= 11 is 0. The predicted molar refractivity (Wildman–Crippen MR) is 115 cm³/mol. The molecule has 0 fully saturated rings. The van der Waals surface area contributed by atoms with Crippen LogP contribution in [0, 0.1) is 13.8 Å². The summed E-state index contributed by atoms with van der Waals surface area (Å²) in [6.07, 6.45) is 2.05. The Balaban J connectivity index is 1.77. The lowest BCUT2D eigenvalue weighted by atomic mass is 10.1. The van der Waals surface area contributed by atoms with Crippen LogP contribution < -0.4 is 5.32 Å². The van der Waals surface area contributed by atoms with Crippen LogP contribution in [-0.4, -0.2) is 19.5 Å². The molecule has 0 atom stereocenters. The fraction of sp³-hybridized carbons (Fsp3) is 0.261. The lowest BCUT2D eigenvalue weighted by molar-refractivity contribution is 0.982. The van der Waals surface area contributed by atoms with Gasteiger partial charge in [0.25, 0.3) is 0 Å². The van der Waals surface area contributed by atoms with Crippen molar-refractivity contribution in [2.24, 2.45) is 0 Å². The maximum atomic E-state index is 4.79. The summed E-state index contributed by atoms with van der Waals surface area (Å²) in [5, 5.41) is 3.33. The van der Waals surface area contributed by atoms with E-state index < -0.39 is 0 Å². The van der Waals surface area contributed by atoms with Gasteiger partial charge < -0.3 is 5.32 Å². The second kappa shape index (κ2) is 7.43. The average molecular weight is 371 g/mol. The van der Waals surface area contributed by atoms with E-state index in [0.717, 1.165) is 46.9 Å². The maximum absolute atomic E-state index is 4.79. The Bertz CT molecular complexity index is 1110. The second-order valence-electron chi connectivity index (χ2n) is 6.99. The number of hydrogen-bond donors (Lipinski definition) is 1. The Labute approximate surface area is 165 Å². The second-order valence-corrected chi connectivity index (χ2v) is 6.99. The number of benzene rings is 2. The SMILES string of the molecule is CCc1ccc(Nc2nc(C)c3nc(C)n(-c4ccc(CC)cc4)c3n2)cc1. The number of rotatable bonds is 5. The first-order valence-electron chi connectivity index (χ1n) is 9.78. The van der Waals surface area contributed by atoms with Crippen LogP contribution in [0.3, 0.4) is 0 Å². The van der Waals surface area contributed by atoms with Crippen molar-refractivity contribution < 1.29 is 0 Å². The van der Waals surface area contributed by atoms with Crippen molar-refractivity contribution in [2.75, 3.05) is 5.32 Å². The molecule has 4 rings (SSSR count). The van der Waals surface area contributed by atoms with Crippen LogP contribution in [0.5, 0.6) is 0 Å². The molecule has 5 heteroatoms. The molecule has 0 spiro atoms. The highest BCUT2D eigenvalue weighted by molar-refractivity contribution is 5.78. The quantitative estimate of drug-likeness (QED) is 0.517. The number of fused-ring (bicyclic) bond motifs is 1. The normalized spacial score (nSPS) is 11.1. The number of aromatic nitrogens is 4. The summed E-state index contributed by atoms with van der Waals surface area (Å²) in [6, 6.07) is 16.9. The van der Waals surface area contributed by atoms with E-state index in [-0.39, 0.29) is 0 Å². The highest BCUT2D eigenvalue weighted by Gasteiger charge is 2.15. The van der Waals surface area contributed by atoms with Crippen molar-refractivity contribution >= 4 is 22.8 Å². The molecule has 0 radical (unpaired) electrons. The number of aryl methyl sites for hydroxylation is 4. The van der Waals surface area contributed by atoms with E-state index in [0.29, 0.717) is 5.95 Å². The Morgan fingerprint density at radius 3 is 2.00 bits per heavy atom. The summed E-state index contributed by atoms with van der Waals surface area (Å²) in [5.74, 6) is 1.49. The van der Waals surface area contributed by atoms with Gasteiger partial charge in [0.2, 0.25) is 5.95 Å². The van der Waals surface area contributed by atoms with Crippen molar-refractivity contribution in [2.45, 2.75) is 40.5 Å². The van der Waals surface area contributed by atoms with E-state index >= 15 is 0 Å². The van der Waals surface area contributed by atoms with Crippen molar-refractivity contribution in [3.8, 4) is 5.69 Å². The molecular weight excluding hydrogens is 346 g/mol. The number of imidazole rings is 1. The number of anilines is 2. The van der Waals surface area contributed by atoms with Crippen molar-refractivity contribution in [3.05, 3.63) is 71.2 Å². The van der Waals surface area contributed by atoms with Crippen LogP contribution in [0.2, 0.25) is 0 Å². The molecule has 0 unspecified atom stereocenters. The molecule has 2 aromatic heterocycles. The lowest BCUT2D eigenvalue weighted by Crippen LogP contribution is -2.03. The van der Waals surface area contributed by atoms with Gasteiger partial charge in [0.05, 0.1) is 5.69 Å². The lowest BCUT2D eigenvalue weighted by Gasteiger charge is -2.10. The highest BCUT2D eigenvalue weighted by Crippen LogP contribution is 2.24. The Morgan fingerprint density at radius 1 is 0.786 bits per heavy atom. The third-order valence-corrected chi connectivity index (χ3v) is 5.07. The fourth-order valence-corrected chi connectivity index (χ4v) is 3.40. The third kappa shape index (κ3) is 3.36. The molecule has 28 heavy (non-hydrogen) atoms. The number of nitrogens with zero attached hydrogens (tertiary/aromatic N) is 4. The van der Waals surface area contributed by atoms with Crippen molar-refractivity contribution in [1.82, 2.24) is 19.5 Å². The molecule has 5 nitrogen and oxygen atoms in total. The van der Waals surface area contributed by atoms with Crippen LogP contribution in [0.15, 0.2) is 48.5 Å². The fourth-order valence-electron chi connectivity index (χ4n) is 3.40. The standard InChI is InChI=1S/C23H25N5/c1-5-17-7-11-19(12-8-17)26-23-24-15(3)21-22(27-23)28(16(4)25-21)20-13-9-18(6-2)10-14-20/h7-14H,5-6H2,1-4H3,(H,24,26,27). The van der Waals surface area contributed by atoms with Gasteiger partial charge in [0.1, 0.15) is 11.3 Å². The Hall–Kier alpha value is -3.21. The van der Waals surface area contributed by atoms with Gasteiger partial charge in [-0.1, -0.05) is 38.1 Å². The van der Waals surface area contributed by atoms with Gasteiger partial charge >= 0.3 is 0 Å². The zero-order valence-electron chi connectivity index (χ0n) is 16.8. The molecular formula is C23H25N5. The molecule has 142 valence electrons. The van der Waals surface area contributed by atoms with Crippen molar-refractivity contribution in [3.63, 3.8) is 0 Å². The van der Waals surface area contributed by atoms with Crippen LogP contribution >= 0.6 is 0 Å². The summed E-state index contributed by atoms with van der Waals surface area (Å²) in [7, 11) is 0. The highest BCUT2D eigenvalue weighted by atomic mass is 15.2. The zero-order chi connectivity index (χ0) is 19.7. The van der Waals surface area contributed by atoms with Gasteiger partial charge in [0, 0.05) is 11.4 Å². The molecule has 0 aliphatic carbocycles.